The molecule has 4 aromatic rings. The lowest BCUT2D eigenvalue weighted by Gasteiger charge is -2.32. The van der Waals surface area contributed by atoms with Crippen molar-refractivity contribution in [3.63, 3.8) is 0 Å². The summed E-state index contributed by atoms with van der Waals surface area (Å²) in [5.74, 6) is 3.37. The fourth-order valence-electron chi connectivity index (χ4n) is 5.31. The normalized spacial score (nSPS) is 16.1. The van der Waals surface area contributed by atoms with Crippen LogP contribution in [0.4, 0.5) is 5.95 Å². The molecule has 9 nitrogen and oxygen atoms in total. The first kappa shape index (κ1) is 25.5. The van der Waals surface area contributed by atoms with E-state index in [-0.39, 0.29) is 5.78 Å². The number of fused-ring (bicyclic) bond motifs is 1. The molecule has 2 aliphatic rings. The maximum atomic E-state index is 13.3. The number of carbonyl (C=O) groups excluding carboxylic acids is 1. The Morgan fingerprint density at radius 2 is 1.70 bits per heavy atom. The minimum atomic E-state index is -0.442. The summed E-state index contributed by atoms with van der Waals surface area (Å²) in [6.07, 6.45) is 2.07. The molecule has 0 fully saturated rings. The molecule has 3 aromatic carbocycles. The van der Waals surface area contributed by atoms with Crippen LogP contribution in [0.5, 0.6) is 23.0 Å². The molecule has 1 N–H and O–H groups in total. The van der Waals surface area contributed by atoms with Gasteiger partial charge in [-0.2, -0.15) is 4.98 Å². The summed E-state index contributed by atoms with van der Waals surface area (Å²) in [4.78, 5) is 18.1. The van der Waals surface area contributed by atoms with E-state index in [1.54, 1.807) is 26.0 Å². The van der Waals surface area contributed by atoms with E-state index in [1.165, 1.54) is 0 Å². The predicted octanol–water partition coefficient (Wildman–Crippen LogP) is 5.57. The molecule has 40 heavy (non-hydrogen) atoms. The second-order valence-electron chi connectivity index (χ2n) is 9.66. The molecule has 6 rings (SSSR count). The van der Waals surface area contributed by atoms with Crippen molar-refractivity contribution in [2.24, 2.45) is 0 Å². The Hall–Kier alpha value is -4.79. The van der Waals surface area contributed by atoms with Crippen molar-refractivity contribution in [2.45, 2.75) is 31.9 Å². The van der Waals surface area contributed by atoms with Gasteiger partial charge in [-0.15, -0.1) is 5.10 Å². The Labute approximate surface area is 232 Å². The number of anilines is 1. The Kier molecular flexibility index (Phi) is 6.86. The van der Waals surface area contributed by atoms with Crippen molar-refractivity contribution < 1.29 is 23.7 Å². The molecule has 0 amide bonds. The Balaban J connectivity index is 1.41. The van der Waals surface area contributed by atoms with Gasteiger partial charge < -0.3 is 24.3 Å². The van der Waals surface area contributed by atoms with Crippen LogP contribution in [-0.4, -0.2) is 41.9 Å². The molecular formula is C31H30N4O5. The number of allylic oxidation sites excluding steroid dienone is 2. The first-order valence-electron chi connectivity index (χ1n) is 13.2. The maximum Gasteiger partial charge on any atom is 0.226 e. The number of nitrogens with one attached hydrogen (secondary N) is 1. The summed E-state index contributed by atoms with van der Waals surface area (Å²) >= 11 is 0. The molecule has 9 heteroatoms. The topological polar surface area (TPSA) is 96.7 Å². The zero-order chi connectivity index (χ0) is 27.6. The third kappa shape index (κ3) is 4.64. The second-order valence-corrected chi connectivity index (χ2v) is 9.66. The highest BCUT2D eigenvalue weighted by molar-refractivity contribution is 5.99. The molecule has 1 aliphatic heterocycles. The standard InChI is InChI=1S/C31H30N4O5/c1-37-25-16-21(17-26(38-2)29(25)39-3)30-33-31-32-23-13-8-14-24(36)27(23)28(35(31)34-30)20-11-7-12-22(15-20)40-18-19-9-5-4-6-10-19/h4-7,9-12,15-17,28H,8,13-14,18H2,1-3H3,(H,32,33,34). The highest BCUT2D eigenvalue weighted by Gasteiger charge is 2.37. The second kappa shape index (κ2) is 10.8. The summed E-state index contributed by atoms with van der Waals surface area (Å²) in [7, 11) is 4.70. The van der Waals surface area contributed by atoms with Crippen molar-refractivity contribution in [2.75, 3.05) is 26.6 Å². The van der Waals surface area contributed by atoms with Crippen molar-refractivity contribution >= 4 is 11.7 Å². The molecule has 0 radical (unpaired) electrons. The lowest BCUT2D eigenvalue weighted by Crippen LogP contribution is -2.31. The van der Waals surface area contributed by atoms with Crippen molar-refractivity contribution in [1.29, 1.82) is 0 Å². The fraction of sp³-hybridized carbons (Fsp3) is 0.258. The van der Waals surface area contributed by atoms with Crippen LogP contribution in [0, 0.1) is 0 Å². The zero-order valence-corrected chi connectivity index (χ0v) is 22.6. The average Bonchev–Trinajstić information content (AvgIpc) is 3.43. The van der Waals surface area contributed by atoms with Gasteiger partial charge >= 0.3 is 0 Å². The highest BCUT2D eigenvalue weighted by atomic mass is 16.5. The number of hydrogen-bond donors (Lipinski definition) is 1. The molecule has 0 saturated heterocycles. The van der Waals surface area contributed by atoms with Crippen LogP contribution in [-0.2, 0) is 11.4 Å². The lowest BCUT2D eigenvalue weighted by atomic mass is 9.85. The number of rotatable bonds is 8. The number of ether oxygens (including phenoxy) is 4. The van der Waals surface area contributed by atoms with Crippen molar-refractivity contribution in [3.05, 3.63) is 89.1 Å². The van der Waals surface area contributed by atoms with Crippen molar-refractivity contribution in [3.8, 4) is 34.4 Å². The maximum absolute atomic E-state index is 13.3. The molecule has 204 valence electrons. The number of methoxy groups -OCH3 is 3. The van der Waals surface area contributed by atoms with Crippen LogP contribution in [0.15, 0.2) is 78.0 Å². The summed E-state index contributed by atoms with van der Waals surface area (Å²) in [6.45, 7) is 0.448. The summed E-state index contributed by atoms with van der Waals surface area (Å²) in [5, 5.41) is 8.29. The highest BCUT2D eigenvalue weighted by Crippen LogP contribution is 2.44. The van der Waals surface area contributed by atoms with Gasteiger partial charge in [-0.25, -0.2) is 4.68 Å². The van der Waals surface area contributed by atoms with Crippen LogP contribution >= 0.6 is 0 Å². The molecule has 0 spiro atoms. The Morgan fingerprint density at radius 1 is 0.925 bits per heavy atom. The fourth-order valence-corrected chi connectivity index (χ4v) is 5.31. The van der Waals surface area contributed by atoms with Gasteiger partial charge in [0.1, 0.15) is 18.4 Å². The first-order chi connectivity index (χ1) is 19.6. The number of benzene rings is 3. The Morgan fingerprint density at radius 3 is 2.42 bits per heavy atom. The van der Waals surface area contributed by atoms with E-state index in [4.69, 9.17) is 29.0 Å². The molecule has 0 bridgehead atoms. The van der Waals surface area contributed by atoms with E-state index >= 15 is 0 Å². The largest absolute Gasteiger partial charge is 0.493 e. The van der Waals surface area contributed by atoms with Gasteiger partial charge in [0.15, 0.2) is 23.1 Å². The molecule has 0 saturated carbocycles. The van der Waals surface area contributed by atoms with E-state index < -0.39 is 6.04 Å². The molecule has 1 aromatic heterocycles. The van der Waals surface area contributed by atoms with Gasteiger partial charge in [0, 0.05) is 23.3 Å². The van der Waals surface area contributed by atoms with Gasteiger partial charge in [-0.1, -0.05) is 42.5 Å². The van der Waals surface area contributed by atoms with E-state index in [1.807, 2.05) is 66.7 Å². The monoisotopic (exact) mass is 538 g/mol. The van der Waals surface area contributed by atoms with Gasteiger partial charge in [-0.3, -0.25) is 4.79 Å². The van der Waals surface area contributed by atoms with Gasteiger partial charge in [0.05, 0.1) is 21.3 Å². The number of carbonyl (C=O) groups is 1. The number of ketones is 1. The van der Waals surface area contributed by atoms with Crippen LogP contribution < -0.4 is 24.3 Å². The molecular weight excluding hydrogens is 508 g/mol. The van der Waals surface area contributed by atoms with Crippen LogP contribution in [0.1, 0.15) is 36.4 Å². The molecule has 1 aliphatic carbocycles. The van der Waals surface area contributed by atoms with E-state index in [0.717, 1.165) is 41.0 Å². The van der Waals surface area contributed by atoms with E-state index in [0.29, 0.717) is 47.6 Å². The third-order valence-corrected chi connectivity index (χ3v) is 7.21. The number of Topliss-reactive ketones (excluding diaryl/α,β-unsaturated/α-hetero) is 1. The summed E-state index contributed by atoms with van der Waals surface area (Å²) in [6, 6.07) is 21.1. The number of nitrogens with zero attached hydrogens (tertiary/aromatic N) is 3. The summed E-state index contributed by atoms with van der Waals surface area (Å²) in [5.41, 5.74) is 4.29. The first-order valence-corrected chi connectivity index (χ1v) is 13.2. The van der Waals surface area contributed by atoms with Crippen LogP contribution in [0.2, 0.25) is 0 Å². The van der Waals surface area contributed by atoms with Crippen molar-refractivity contribution in [1.82, 2.24) is 14.8 Å². The van der Waals surface area contributed by atoms with Gasteiger partial charge in [-0.05, 0) is 48.2 Å². The number of hydrogen-bond acceptors (Lipinski definition) is 8. The van der Waals surface area contributed by atoms with Crippen LogP contribution in [0.3, 0.4) is 0 Å². The quantitative estimate of drug-likeness (QED) is 0.311. The predicted molar refractivity (Wildman–Crippen MR) is 150 cm³/mol. The average molecular weight is 539 g/mol. The number of aromatic nitrogens is 3. The zero-order valence-electron chi connectivity index (χ0n) is 22.6. The van der Waals surface area contributed by atoms with Gasteiger partial charge in [0.2, 0.25) is 11.7 Å². The van der Waals surface area contributed by atoms with Crippen LogP contribution in [0.25, 0.3) is 11.4 Å². The molecule has 1 unspecified atom stereocenters. The SMILES string of the molecule is COc1cc(-c2nc3n(n2)C(c2cccc(OCc4ccccc4)c2)C2=C(CCCC2=O)N3)cc(OC)c1OC. The summed E-state index contributed by atoms with van der Waals surface area (Å²) < 4.78 is 24.5. The smallest absolute Gasteiger partial charge is 0.226 e. The van der Waals surface area contributed by atoms with E-state index in [2.05, 4.69) is 5.32 Å². The third-order valence-electron chi connectivity index (χ3n) is 7.21. The molecule has 1 atom stereocenters. The van der Waals surface area contributed by atoms with Gasteiger partial charge in [0.25, 0.3) is 0 Å². The van der Waals surface area contributed by atoms with E-state index in [9.17, 15) is 4.79 Å². The Bertz CT molecular complexity index is 1570. The minimum Gasteiger partial charge on any atom is -0.493 e. The minimum absolute atomic E-state index is 0.116. The lowest BCUT2D eigenvalue weighted by molar-refractivity contribution is -0.116. The molecule has 2 heterocycles.